The lowest BCUT2D eigenvalue weighted by Gasteiger charge is -2.18. The summed E-state index contributed by atoms with van der Waals surface area (Å²) in [6.07, 6.45) is 11.3. The van der Waals surface area contributed by atoms with Crippen LogP contribution >= 0.6 is 0 Å². The van der Waals surface area contributed by atoms with Gasteiger partial charge in [0.1, 0.15) is 5.82 Å². The number of nitrogens with one attached hydrogen (secondary N) is 5. The summed E-state index contributed by atoms with van der Waals surface area (Å²) in [5.74, 6) is -0.857. The van der Waals surface area contributed by atoms with E-state index in [0.29, 0.717) is 30.6 Å². The number of carbonyl (C=O) groups is 3. The number of fused-ring (bicyclic) bond motifs is 4. The summed E-state index contributed by atoms with van der Waals surface area (Å²) in [4.78, 5) is 53.9. The SMILES string of the molecule is CC(=O)Nc1ccnc(S(=O)(=O)NC(=O)Nc2c3c(cc4c2CCC4c2ccnc(S(=O)(=O)NC(=O)Nc4c5c(cc6c4CCC6)CCC5)n2)CCC3)n1. The van der Waals surface area contributed by atoms with Gasteiger partial charge in [-0.05, 0) is 127 Å². The van der Waals surface area contributed by atoms with E-state index in [-0.39, 0.29) is 11.7 Å². The van der Waals surface area contributed by atoms with Gasteiger partial charge in [-0.3, -0.25) is 4.79 Å². The maximum Gasteiger partial charge on any atom is 0.333 e. The Kier molecular flexibility index (Phi) is 9.04. The van der Waals surface area contributed by atoms with E-state index in [4.69, 9.17) is 0 Å². The van der Waals surface area contributed by atoms with Gasteiger partial charge in [-0.15, -0.1) is 0 Å². The number of anilines is 3. The first-order chi connectivity index (χ1) is 25.9. The first kappa shape index (κ1) is 35.5. The molecular formula is C36H37N9O7S2. The van der Waals surface area contributed by atoms with Crippen LogP contribution in [0.5, 0.6) is 0 Å². The summed E-state index contributed by atoms with van der Waals surface area (Å²) in [5, 5.41) is 6.75. The molecular weight excluding hydrogens is 735 g/mol. The summed E-state index contributed by atoms with van der Waals surface area (Å²) in [5.41, 5.74) is 9.72. The number of benzene rings is 2. The Hall–Kier alpha value is -5.49. The number of hydrogen-bond acceptors (Lipinski definition) is 11. The zero-order chi connectivity index (χ0) is 37.8. The largest absolute Gasteiger partial charge is 0.333 e. The molecule has 0 fully saturated rings. The van der Waals surface area contributed by atoms with Crippen LogP contribution in [0.4, 0.5) is 26.8 Å². The van der Waals surface area contributed by atoms with Gasteiger partial charge in [-0.25, -0.2) is 34.0 Å². The molecule has 5 N–H and O–H groups in total. The number of urea groups is 2. The van der Waals surface area contributed by atoms with Gasteiger partial charge in [0.2, 0.25) is 5.91 Å². The lowest BCUT2D eigenvalue weighted by Crippen LogP contribution is -2.36. The van der Waals surface area contributed by atoms with Crippen molar-refractivity contribution in [2.24, 2.45) is 0 Å². The molecule has 4 aromatic rings. The van der Waals surface area contributed by atoms with Crippen LogP contribution in [0.25, 0.3) is 0 Å². The molecule has 0 aliphatic heterocycles. The maximum absolute atomic E-state index is 13.5. The molecule has 0 bridgehead atoms. The molecule has 2 aromatic carbocycles. The lowest BCUT2D eigenvalue weighted by atomic mass is 9.93. The minimum Gasteiger partial charge on any atom is -0.311 e. The second kappa shape index (κ2) is 13.7. The molecule has 0 saturated carbocycles. The highest BCUT2D eigenvalue weighted by molar-refractivity contribution is 7.90. The molecule has 4 aliphatic rings. The Morgan fingerprint density at radius 1 is 0.630 bits per heavy atom. The van der Waals surface area contributed by atoms with Gasteiger partial charge >= 0.3 is 32.1 Å². The van der Waals surface area contributed by atoms with Gasteiger partial charge in [-0.1, -0.05) is 12.1 Å². The Labute approximate surface area is 311 Å². The monoisotopic (exact) mass is 771 g/mol. The highest BCUT2D eigenvalue weighted by Crippen LogP contribution is 2.45. The summed E-state index contributed by atoms with van der Waals surface area (Å²) in [6.45, 7) is 1.24. The van der Waals surface area contributed by atoms with Crippen LogP contribution in [0.15, 0.2) is 47.0 Å². The zero-order valence-electron chi connectivity index (χ0n) is 29.3. The normalized spacial score (nSPS) is 16.9. The molecule has 8 rings (SSSR count). The first-order valence-corrected chi connectivity index (χ1v) is 20.8. The average Bonchev–Trinajstić information content (AvgIpc) is 3.95. The van der Waals surface area contributed by atoms with Crippen molar-refractivity contribution in [3.8, 4) is 0 Å². The van der Waals surface area contributed by atoms with Crippen molar-refractivity contribution in [2.45, 2.75) is 93.8 Å². The van der Waals surface area contributed by atoms with Crippen molar-refractivity contribution in [1.82, 2.24) is 29.4 Å². The topological polar surface area (TPSA) is 231 Å². The van der Waals surface area contributed by atoms with Crippen LogP contribution in [-0.4, -0.2) is 54.7 Å². The fraction of sp³-hybridized carbons (Fsp3) is 0.361. The summed E-state index contributed by atoms with van der Waals surface area (Å²) < 4.78 is 57.1. The van der Waals surface area contributed by atoms with Crippen LogP contribution in [0.3, 0.4) is 0 Å². The third-order valence-electron chi connectivity index (χ3n) is 10.4. The van der Waals surface area contributed by atoms with Crippen molar-refractivity contribution in [2.75, 3.05) is 16.0 Å². The predicted molar refractivity (Wildman–Crippen MR) is 196 cm³/mol. The van der Waals surface area contributed by atoms with Crippen molar-refractivity contribution in [3.05, 3.63) is 86.9 Å². The van der Waals surface area contributed by atoms with Gasteiger partial charge in [0, 0.05) is 36.6 Å². The number of amides is 5. The molecule has 2 aromatic heterocycles. The fourth-order valence-corrected chi connectivity index (χ4v) is 9.89. The molecule has 0 spiro atoms. The number of hydrogen-bond donors (Lipinski definition) is 5. The van der Waals surface area contributed by atoms with E-state index >= 15 is 0 Å². The number of sulfonamides is 2. The molecule has 4 aliphatic carbocycles. The minimum atomic E-state index is -4.51. The third kappa shape index (κ3) is 6.74. The lowest BCUT2D eigenvalue weighted by molar-refractivity contribution is -0.114. The Bertz CT molecular complexity index is 2460. The predicted octanol–water partition coefficient (Wildman–Crippen LogP) is 3.79. The second-order valence-electron chi connectivity index (χ2n) is 13.9. The van der Waals surface area contributed by atoms with Crippen molar-refractivity contribution in [3.63, 3.8) is 0 Å². The van der Waals surface area contributed by atoms with Crippen molar-refractivity contribution in [1.29, 1.82) is 0 Å². The van der Waals surface area contributed by atoms with E-state index in [2.05, 4.69) is 52.7 Å². The Morgan fingerprint density at radius 2 is 1.15 bits per heavy atom. The molecule has 0 saturated heterocycles. The molecule has 1 atom stereocenters. The van der Waals surface area contributed by atoms with Gasteiger partial charge in [0.05, 0.1) is 5.69 Å². The molecule has 54 heavy (non-hydrogen) atoms. The van der Waals surface area contributed by atoms with E-state index in [9.17, 15) is 31.2 Å². The fourth-order valence-electron chi connectivity index (χ4n) is 8.27. The van der Waals surface area contributed by atoms with Gasteiger partial charge in [0.15, 0.2) is 0 Å². The Balaban J connectivity index is 1.02. The number of nitrogens with zero attached hydrogens (tertiary/aromatic N) is 4. The molecule has 2 heterocycles. The summed E-state index contributed by atoms with van der Waals surface area (Å²) >= 11 is 0. The highest BCUT2D eigenvalue weighted by atomic mass is 32.2. The third-order valence-corrected chi connectivity index (χ3v) is 12.7. The molecule has 5 amide bonds. The summed E-state index contributed by atoms with van der Waals surface area (Å²) in [6, 6.07) is 5.34. The van der Waals surface area contributed by atoms with Gasteiger partial charge in [-0.2, -0.15) is 21.8 Å². The minimum absolute atomic E-state index is 0.0410. The molecule has 18 heteroatoms. The van der Waals surface area contributed by atoms with E-state index < -0.39 is 48.3 Å². The van der Waals surface area contributed by atoms with Crippen LogP contribution < -0.4 is 25.4 Å². The second-order valence-corrected chi connectivity index (χ2v) is 17.1. The highest BCUT2D eigenvalue weighted by Gasteiger charge is 2.34. The van der Waals surface area contributed by atoms with E-state index in [1.165, 1.54) is 30.3 Å². The smallest absolute Gasteiger partial charge is 0.311 e. The maximum atomic E-state index is 13.5. The number of rotatable bonds is 8. The number of carbonyl (C=O) groups excluding carboxylic acids is 3. The standard InChI is InChI=1S/C36H37N9O7S2/c1-19(46)39-30-14-16-38-36(41-30)54(51,52)45-34(48)43-32-25-10-4-7-22(25)18-28-26(11-12-27(28)32)29-13-15-37-35(40-29)53(49,50)44-33(47)42-31-23-8-2-5-20(23)17-21-6-3-9-24(21)31/h13-18,26H,2-12H2,1H3,(H2,42,44,47)(H2,43,45,48)(H,38,39,41,46). The van der Waals surface area contributed by atoms with Crippen molar-refractivity contribution >= 4 is 55.2 Å². The van der Waals surface area contributed by atoms with E-state index in [1.54, 1.807) is 6.07 Å². The molecule has 16 nitrogen and oxygen atoms in total. The first-order valence-electron chi connectivity index (χ1n) is 17.8. The molecule has 0 radical (unpaired) electrons. The Morgan fingerprint density at radius 3 is 1.72 bits per heavy atom. The van der Waals surface area contributed by atoms with Crippen LogP contribution in [0.1, 0.15) is 88.7 Å². The van der Waals surface area contributed by atoms with E-state index in [0.717, 1.165) is 96.6 Å². The van der Waals surface area contributed by atoms with Crippen LogP contribution in [0, 0.1) is 0 Å². The van der Waals surface area contributed by atoms with Crippen molar-refractivity contribution < 1.29 is 31.2 Å². The van der Waals surface area contributed by atoms with Crippen LogP contribution in [0.2, 0.25) is 0 Å². The number of aromatic nitrogens is 4. The van der Waals surface area contributed by atoms with Crippen LogP contribution in [-0.2, 0) is 69.8 Å². The van der Waals surface area contributed by atoms with Gasteiger partial charge in [0.25, 0.3) is 10.3 Å². The number of aryl methyl sites for hydroxylation is 3. The molecule has 280 valence electrons. The zero-order valence-corrected chi connectivity index (χ0v) is 30.9. The van der Waals surface area contributed by atoms with Gasteiger partial charge < -0.3 is 16.0 Å². The van der Waals surface area contributed by atoms with E-state index in [1.807, 2.05) is 4.72 Å². The molecule has 1 unspecified atom stereocenters. The quantitative estimate of drug-likeness (QED) is 0.162. The summed E-state index contributed by atoms with van der Waals surface area (Å²) in [7, 11) is -8.97. The average molecular weight is 772 g/mol.